The summed E-state index contributed by atoms with van der Waals surface area (Å²) in [5.74, 6) is -2.56. The molecule has 0 saturated heterocycles. The Balaban J connectivity index is 2.49. The zero-order valence-corrected chi connectivity index (χ0v) is 14.3. The first-order valence-electron chi connectivity index (χ1n) is 7.43. The smallest absolute Gasteiger partial charge is 0.341 e. The van der Waals surface area contributed by atoms with E-state index in [4.69, 9.17) is 9.47 Å². The van der Waals surface area contributed by atoms with Crippen molar-refractivity contribution in [3.8, 4) is 17.0 Å². The molecular weight excluding hydrogens is 329 g/mol. The van der Waals surface area contributed by atoms with Crippen molar-refractivity contribution < 1.29 is 28.6 Å². The number of carboxylic acids is 1. The van der Waals surface area contributed by atoms with Gasteiger partial charge in [-0.2, -0.15) is 0 Å². The van der Waals surface area contributed by atoms with Crippen molar-refractivity contribution in [2.75, 3.05) is 7.11 Å². The van der Waals surface area contributed by atoms with Gasteiger partial charge < -0.3 is 14.6 Å². The van der Waals surface area contributed by atoms with E-state index >= 15 is 0 Å². The molecule has 0 unspecified atom stereocenters. The van der Waals surface area contributed by atoms with Crippen LogP contribution in [0, 0.1) is 5.82 Å². The molecule has 0 aliphatic carbocycles. The Bertz CT molecular complexity index is 827. The fourth-order valence-corrected chi connectivity index (χ4v) is 2.13. The molecule has 0 aliphatic heterocycles. The number of aromatic nitrogens is 1. The predicted octanol–water partition coefficient (Wildman–Crippen LogP) is 3.55. The lowest BCUT2D eigenvalue weighted by molar-refractivity contribution is 0.00693. The Hall–Kier alpha value is -2.96. The number of rotatable bonds is 4. The van der Waals surface area contributed by atoms with Crippen LogP contribution in [0.3, 0.4) is 0 Å². The van der Waals surface area contributed by atoms with Gasteiger partial charge in [0.25, 0.3) is 0 Å². The number of aromatic carboxylic acids is 1. The Morgan fingerprint density at radius 1 is 1.20 bits per heavy atom. The molecule has 132 valence electrons. The maximum atomic E-state index is 14.2. The zero-order valence-electron chi connectivity index (χ0n) is 14.3. The average molecular weight is 347 g/mol. The number of pyridine rings is 1. The van der Waals surface area contributed by atoms with Gasteiger partial charge in [0, 0.05) is 17.3 Å². The van der Waals surface area contributed by atoms with Crippen molar-refractivity contribution in [1.29, 1.82) is 0 Å². The molecule has 6 nitrogen and oxygen atoms in total. The van der Waals surface area contributed by atoms with Gasteiger partial charge in [0.2, 0.25) is 5.88 Å². The number of carbonyl (C=O) groups excluding carboxylic acids is 1. The van der Waals surface area contributed by atoms with Gasteiger partial charge in [-0.1, -0.05) is 0 Å². The fraction of sp³-hybridized carbons (Fsp3) is 0.278. The second kappa shape index (κ2) is 6.88. The van der Waals surface area contributed by atoms with E-state index in [1.54, 1.807) is 20.8 Å². The number of hydrogen-bond donors (Lipinski definition) is 1. The number of nitrogens with zero attached hydrogens (tertiary/aromatic N) is 1. The summed E-state index contributed by atoms with van der Waals surface area (Å²) in [5.41, 5.74) is -0.493. The molecule has 0 aliphatic rings. The summed E-state index contributed by atoms with van der Waals surface area (Å²) in [6.07, 6.45) is 1.28. The molecule has 1 heterocycles. The third-order valence-corrected chi connectivity index (χ3v) is 3.19. The Morgan fingerprint density at radius 2 is 1.88 bits per heavy atom. The van der Waals surface area contributed by atoms with E-state index in [1.165, 1.54) is 31.5 Å². The number of carboxylic acid groups (broad SMARTS) is 1. The standard InChI is InChI=1S/C18H18FNO5/c1-18(2,3)25-17(23)10-5-6-14(19)12(7-10)11-8-13(16(21)22)15(24-4)20-9-11/h5-9H,1-4H3,(H,21,22). The minimum atomic E-state index is -1.25. The maximum absolute atomic E-state index is 14.2. The van der Waals surface area contributed by atoms with Crippen LogP contribution in [0.1, 0.15) is 41.5 Å². The number of benzene rings is 1. The van der Waals surface area contributed by atoms with E-state index < -0.39 is 23.4 Å². The minimum absolute atomic E-state index is 0.0426. The number of methoxy groups -OCH3 is 1. The van der Waals surface area contributed by atoms with Crippen LogP contribution in [0.15, 0.2) is 30.5 Å². The fourth-order valence-electron chi connectivity index (χ4n) is 2.13. The van der Waals surface area contributed by atoms with E-state index in [9.17, 15) is 19.1 Å². The summed E-state index contributed by atoms with van der Waals surface area (Å²) in [4.78, 5) is 27.3. The molecule has 25 heavy (non-hydrogen) atoms. The average Bonchev–Trinajstić information content (AvgIpc) is 2.53. The lowest BCUT2D eigenvalue weighted by Gasteiger charge is -2.19. The molecule has 2 aromatic rings. The molecule has 0 radical (unpaired) electrons. The first-order valence-corrected chi connectivity index (χ1v) is 7.43. The monoisotopic (exact) mass is 347 g/mol. The van der Waals surface area contributed by atoms with Crippen LogP contribution < -0.4 is 4.74 Å². The van der Waals surface area contributed by atoms with Crippen molar-refractivity contribution in [2.45, 2.75) is 26.4 Å². The lowest BCUT2D eigenvalue weighted by atomic mass is 10.0. The van der Waals surface area contributed by atoms with Crippen LogP contribution in [-0.2, 0) is 4.74 Å². The number of esters is 1. The van der Waals surface area contributed by atoms with Gasteiger partial charge in [0.15, 0.2) is 0 Å². The van der Waals surface area contributed by atoms with Gasteiger partial charge in [0.05, 0.1) is 12.7 Å². The van der Waals surface area contributed by atoms with Gasteiger partial charge >= 0.3 is 11.9 Å². The number of hydrogen-bond acceptors (Lipinski definition) is 5. The molecular formula is C18H18FNO5. The van der Waals surface area contributed by atoms with Gasteiger partial charge in [-0.3, -0.25) is 0 Å². The molecule has 1 aromatic heterocycles. The van der Waals surface area contributed by atoms with Gasteiger partial charge in [0.1, 0.15) is 17.0 Å². The highest BCUT2D eigenvalue weighted by Crippen LogP contribution is 2.28. The molecule has 0 atom stereocenters. The maximum Gasteiger partial charge on any atom is 0.341 e. The number of halogens is 1. The minimum Gasteiger partial charge on any atom is -0.480 e. The van der Waals surface area contributed by atoms with Crippen molar-refractivity contribution in [3.05, 3.63) is 47.4 Å². The van der Waals surface area contributed by atoms with Gasteiger partial charge in [-0.05, 0) is 45.0 Å². The molecule has 7 heteroatoms. The van der Waals surface area contributed by atoms with Crippen LogP contribution in [0.2, 0.25) is 0 Å². The Morgan fingerprint density at radius 3 is 2.44 bits per heavy atom. The quantitative estimate of drug-likeness (QED) is 0.851. The highest BCUT2D eigenvalue weighted by Gasteiger charge is 2.20. The van der Waals surface area contributed by atoms with E-state index in [1.807, 2.05) is 0 Å². The summed E-state index contributed by atoms with van der Waals surface area (Å²) >= 11 is 0. The Kier molecular flexibility index (Phi) is 5.06. The topological polar surface area (TPSA) is 85.7 Å². The van der Waals surface area contributed by atoms with Crippen LogP contribution in [-0.4, -0.2) is 34.7 Å². The number of ether oxygens (including phenoxy) is 2. The normalized spacial score (nSPS) is 11.1. The van der Waals surface area contributed by atoms with Crippen molar-refractivity contribution >= 4 is 11.9 Å². The highest BCUT2D eigenvalue weighted by molar-refractivity contribution is 5.93. The third kappa shape index (κ3) is 4.32. The highest BCUT2D eigenvalue weighted by atomic mass is 19.1. The molecule has 0 saturated carbocycles. The first kappa shape index (κ1) is 18.4. The predicted molar refractivity (Wildman–Crippen MR) is 88.3 cm³/mol. The first-order chi connectivity index (χ1) is 11.6. The molecule has 0 bridgehead atoms. The van der Waals surface area contributed by atoms with Gasteiger partial charge in [-0.15, -0.1) is 0 Å². The van der Waals surface area contributed by atoms with Crippen LogP contribution in [0.5, 0.6) is 5.88 Å². The molecule has 1 aromatic carbocycles. The SMILES string of the molecule is COc1ncc(-c2cc(C(=O)OC(C)(C)C)ccc2F)cc1C(=O)O. The lowest BCUT2D eigenvalue weighted by Crippen LogP contribution is -2.23. The van der Waals surface area contributed by atoms with Crippen LogP contribution in [0.4, 0.5) is 4.39 Å². The number of carbonyl (C=O) groups is 2. The second-order valence-electron chi connectivity index (χ2n) is 6.28. The van der Waals surface area contributed by atoms with E-state index in [0.717, 1.165) is 6.07 Å². The zero-order chi connectivity index (χ0) is 18.8. The van der Waals surface area contributed by atoms with E-state index in [2.05, 4.69) is 4.98 Å². The van der Waals surface area contributed by atoms with Crippen LogP contribution in [0.25, 0.3) is 11.1 Å². The molecule has 0 amide bonds. The van der Waals surface area contributed by atoms with Gasteiger partial charge in [-0.25, -0.2) is 19.0 Å². The summed E-state index contributed by atoms with van der Waals surface area (Å²) in [5, 5.41) is 9.22. The van der Waals surface area contributed by atoms with Crippen molar-refractivity contribution in [3.63, 3.8) is 0 Å². The van der Waals surface area contributed by atoms with E-state index in [-0.39, 0.29) is 28.1 Å². The largest absolute Gasteiger partial charge is 0.480 e. The molecule has 0 spiro atoms. The molecule has 1 N–H and O–H groups in total. The summed E-state index contributed by atoms with van der Waals surface area (Å²) in [7, 11) is 1.29. The molecule has 2 rings (SSSR count). The van der Waals surface area contributed by atoms with Crippen molar-refractivity contribution in [2.24, 2.45) is 0 Å². The second-order valence-corrected chi connectivity index (χ2v) is 6.28. The van der Waals surface area contributed by atoms with E-state index in [0.29, 0.717) is 0 Å². The Labute approximate surface area is 144 Å². The summed E-state index contributed by atoms with van der Waals surface area (Å²) in [6.45, 7) is 5.17. The van der Waals surface area contributed by atoms with Crippen LogP contribution >= 0.6 is 0 Å². The summed E-state index contributed by atoms with van der Waals surface area (Å²) in [6, 6.07) is 4.98. The third-order valence-electron chi connectivity index (χ3n) is 3.19. The summed E-state index contributed by atoms with van der Waals surface area (Å²) < 4.78 is 24.4. The van der Waals surface area contributed by atoms with Crippen molar-refractivity contribution in [1.82, 2.24) is 4.98 Å². The molecule has 0 fully saturated rings.